The van der Waals surface area contributed by atoms with E-state index >= 15 is 0 Å². The van der Waals surface area contributed by atoms with Crippen molar-refractivity contribution >= 4 is 29.2 Å². The molecule has 0 aliphatic carbocycles. The molecule has 0 aliphatic rings. The van der Waals surface area contributed by atoms with Gasteiger partial charge < -0.3 is 4.74 Å². The Morgan fingerprint density at radius 2 is 2.14 bits per heavy atom. The molecule has 0 atom stereocenters. The van der Waals surface area contributed by atoms with Crippen molar-refractivity contribution in [3.05, 3.63) is 33.8 Å². The number of carbonyl (C=O) groups excluding carboxylic acids is 1. The van der Waals surface area contributed by atoms with Crippen molar-refractivity contribution in [2.75, 3.05) is 6.61 Å². The molecule has 0 aromatic heterocycles. The molecule has 1 aromatic rings. The summed E-state index contributed by atoms with van der Waals surface area (Å²) in [6.07, 6.45) is 0.782. The molecule has 1 rings (SSSR count). The van der Waals surface area contributed by atoms with Crippen LogP contribution in [-0.2, 0) is 4.74 Å². The first-order valence-corrected chi connectivity index (χ1v) is 5.03. The van der Waals surface area contributed by atoms with Crippen molar-refractivity contribution in [2.24, 2.45) is 0 Å². The van der Waals surface area contributed by atoms with Gasteiger partial charge in [0.05, 0.1) is 17.2 Å². The number of rotatable bonds is 3. The fraction of sp³-hybridized carbons (Fsp3) is 0.300. The smallest absolute Gasteiger partial charge is 0.339 e. The molecule has 0 fully saturated rings. The van der Waals surface area contributed by atoms with Crippen LogP contribution in [0, 0.1) is 0 Å². The van der Waals surface area contributed by atoms with E-state index in [1.165, 1.54) is 6.07 Å². The van der Waals surface area contributed by atoms with Crippen LogP contribution >= 0.6 is 23.2 Å². The van der Waals surface area contributed by atoms with Crippen LogP contribution in [0.3, 0.4) is 0 Å². The molecule has 2 nitrogen and oxygen atoms in total. The lowest BCUT2D eigenvalue weighted by atomic mass is 10.2. The average Bonchev–Trinajstić information content (AvgIpc) is 2.18. The zero-order valence-electron chi connectivity index (χ0n) is 7.72. The number of hydrogen-bond acceptors (Lipinski definition) is 2. The largest absolute Gasteiger partial charge is 0.462 e. The number of ether oxygens (including phenoxy) is 1. The maximum absolute atomic E-state index is 11.4. The van der Waals surface area contributed by atoms with Crippen LogP contribution in [0.15, 0.2) is 18.2 Å². The molecule has 0 heterocycles. The quantitative estimate of drug-likeness (QED) is 0.746. The summed E-state index contributed by atoms with van der Waals surface area (Å²) in [7, 11) is 0. The van der Waals surface area contributed by atoms with Gasteiger partial charge in [0.1, 0.15) is 0 Å². The normalized spacial score (nSPS) is 9.93. The molecule has 4 heteroatoms. The molecule has 0 saturated carbocycles. The molecular weight excluding hydrogens is 223 g/mol. The van der Waals surface area contributed by atoms with E-state index in [9.17, 15) is 4.79 Å². The fourth-order valence-electron chi connectivity index (χ4n) is 0.926. The van der Waals surface area contributed by atoms with Crippen LogP contribution in [0.2, 0.25) is 10.0 Å². The van der Waals surface area contributed by atoms with E-state index in [2.05, 4.69) is 0 Å². The van der Waals surface area contributed by atoms with Gasteiger partial charge in [-0.15, -0.1) is 0 Å². The van der Waals surface area contributed by atoms with Gasteiger partial charge in [0.2, 0.25) is 0 Å². The van der Waals surface area contributed by atoms with Gasteiger partial charge in [0.15, 0.2) is 0 Å². The topological polar surface area (TPSA) is 26.3 Å². The van der Waals surface area contributed by atoms with Crippen LogP contribution in [0.1, 0.15) is 23.7 Å². The number of esters is 1. The number of hydrogen-bond donors (Lipinski definition) is 0. The third-order valence-corrected chi connectivity index (χ3v) is 2.15. The molecule has 0 saturated heterocycles. The number of benzene rings is 1. The summed E-state index contributed by atoms with van der Waals surface area (Å²) in [5.74, 6) is -0.431. The summed E-state index contributed by atoms with van der Waals surface area (Å²) in [6.45, 7) is 2.31. The lowest BCUT2D eigenvalue weighted by Crippen LogP contribution is -2.06. The van der Waals surface area contributed by atoms with E-state index in [1.807, 2.05) is 6.92 Å². The summed E-state index contributed by atoms with van der Waals surface area (Å²) in [5.41, 5.74) is 0.313. The molecule has 0 N–H and O–H groups in total. The summed E-state index contributed by atoms with van der Waals surface area (Å²) < 4.78 is 4.93. The second-order valence-electron chi connectivity index (χ2n) is 2.76. The van der Waals surface area contributed by atoms with Crippen molar-refractivity contribution < 1.29 is 9.53 Å². The Hall–Kier alpha value is -0.730. The zero-order valence-corrected chi connectivity index (χ0v) is 9.23. The van der Waals surface area contributed by atoms with Gasteiger partial charge in [0.25, 0.3) is 0 Å². The van der Waals surface area contributed by atoms with Gasteiger partial charge >= 0.3 is 5.97 Å². The minimum Gasteiger partial charge on any atom is -0.462 e. The van der Waals surface area contributed by atoms with Crippen molar-refractivity contribution in [1.82, 2.24) is 0 Å². The molecule has 0 bridgehead atoms. The molecule has 0 unspecified atom stereocenters. The summed E-state index contributed by atoms with van der Waals surface area (Å²) >= 11 is 11.5. The fourth-order valence-corrected chi connectivity index (χ4v) is 1.29. The molecular formula is C10H10Cl2O2. The van der Waals surface area contributed by atoms with E-state index in [-0.39, 0.29) is 0 Å². The Morgan fingerprint density at radius 3 is 2.79 bits per heavy atom. The van der Waals surface area contributed by atoms with Crippen molar-refractivity contribution in [2.45, 2.75) is 13.3 Å². The highest BCUT2D eigenvalue weighted by Crippen LogP contribution is 2.21. The van der Waals surface area contributed by atoms with Gasteiger partial charge in [-0.3, -0.25) is 0 Å². The van der Waals surface area contributed by atoms with E-state index in [1.54, 1.807) is 12.1 Å². The Labute approximate surface area is 92.8 Å². The van der Waals surface area contributed by atoms with E-state index < -0.39 is 5.97 Å². The van der Waals surface area contributed by atoms with Crippen LogP contribution in [0.4, 0.5) is 0 Å². The minimum absolute atomic E-state index is 0.313. The first kappa shape index (κ1) is 11.3. The van der Waals surface area contributed by atoms with E-state index in [0.29, 0.717) is 22.2 Å². The highest BCUT2D eigenvalue weighted by Gasteiger charge is 2.11. The maximum atomic E-state index is 11.4. The third-order valence-electron chi connectivity index (χ3n) is 1.59. The molecule has 1 aromatic carbocycles. The molecule has 76 valence electrons. The van der Waals surface area contributed by atoms with Gasteiger partial charge in [-0.25, -0.2) is 4.79 Å². The Balaban J connectivity index is 2.83. The summed E-state index contributed by atoms with van der Waals surface area (Å²) in [5, 5.41) is 0.827. The minimum atomic E-state index is -0.431. The number of halogens is 2. The lowest BCUT2D eigenvalue weighted by Gasteiger charge is -2.04. The van der Waals surface area contributed by atoms with E-state index in [4.69, 9.17) is 27.9 Å². The Morgan fingerprint density at radius 1 is 1.43 bits per heavy atom. The Bertz CT molecular complexity index is 337. The Kier molecular flexibility index (Phi) is 4.23. The van der Waals surface area contributed by atoms with Gasteiger partial charge in [-0.05, 0) is 24.6 Å². The first-order valence-electron chi connectivity index (χ1n) is 4.27. The average molecular weight is 233 g/mol. The second kappa shape index (κ2) is 5.23. The predicted molar refractivity (Wildman–Crippen MR) is 57.0 cm³/mol. The predicted octanol–water partition coefficient (Wildman–Crippen LogP) is 3.56. The molecule has 0 spiro atoms. The molecule has 0 aliphatic heterocycles. The van der Waals surface area contributed by atoms with Gasteiger partial charge in [-0.1, -0.05) is 30.1 Å². The first-order chi connectivity index (χ1) is 6.65. The van der Waals surface area contributed by atoms with Crippen molar-refractivity contribution in [3.63, 3.8) is 0 Å². The third kappa shape index (κ3) is 2.89. The molecule has 14 heavy (non-hydrogen) atoms. The van der Waals surface area contributed by atoms with Crippen molar-refractivity contribution in [1.29, 1.82) is 0 Å². The second-order valence-corrected chi connectivity index (χ2v) is 3.60. The van der Waals surface area contributed by atoms with Gasteiger partial charge in [0, 0.05) is 5.02 Å². The van der Waals surface area contributed by atoms with Crippen LogP contribution in [0.25, 0.3) is 0 Å². The number of carbonyl (C=O) groups is 1. The van der Waals surface area contributed by atoms with Crippen LogP contribution < -0.4 is 0 Å². The summed E-state index contributed by atoms with van der Waals surface area (Å²) in [6, 6.07) is 4.70. The van der Waals surface area contributed by atoms with Crippen LogP contribution in [-0.4, -0.2) is 12.6 Å². The molecule has 0 radical (unpaired) electrons. The monoisotopic (exact) mass is 232 g/mol. The van der Waals surface area contributed by atoms with Crippen LogP contribution in [0.5, 0.6) is 0 Å². The van der Waals surface area contributed by atoms with Crippen molar-refractivity contribution in [3.8, 4) is 0 Å². The zero-order chi connectivity index (χ0) is 10.6. The maximum Gasteiger partial charge on any atom is 0.339 e. The van der Waals surface area contributed by atoms with Gasteiger partial charge in [-0.2, -0.15) is 0 Å². The SMILES string of the molecule is CCCOC(=O)c1cc(Cl)ccc1Cl. The highest BCUT2D eigenvalue weighted by atomic mass is 35.5. The highest BCUT2D eigenvalue weighted by molar-refractivity contribution is 6.35. The van der Waals surface area contributed by atoms with E-state index in [0.717, 1.165) is 6.42 Å². The lowest BCUT2D eigenvalue weighted by molar-refractivity contribution is 0.0505. The summed E-state index contributed by atoms with van der Waals surface area (Å²) in [4.78, 5) is 11.4. The molecule has 0 amide bonds. The standard InChI is InChI=1S/C10H10Cl2O2/c1-2-5-14-10(13)8-6-7(11)3-4-9(8)12/h3-4,6H,2,5H2,1H3.